The van der Waals surface area contributed by atoms with E-state index in [0.717, 1.165) is 47.5 Å². The number of imidazole rings is 1. The molecule has 6 heteroatoms. The van der Waals surface area contributed by atoms with E-state index < -0.39 is 0 Å². The van der Waals surface area contributed by atoms with Gasteiger partial charge in [0, 0.05) is 24.4 Å². The number of anilines is 1. The Morgan fingerprint density at radius 2 is 2.15 bits per heavy atom. The molecule has 2 heterocycles. The monoisotopic (exact) mass is 352 g/mol. The first-order valence-corrected chi connectivity index (χ1v) is 8.80. The second kappa shape index (κ2) is 6.53. The third-order valence-electron chi connectivity index (χ3n) is 4.96. The van der Waals surface area contributed by atoms with Crippen molar-refractivity contribution in [1.29, 1.82) is 0 Å². The molecular formula is C20H21FN4O. The standard InChI is InChI=1S/C20H21FN4O/c1-12-10-13(5-7-15(12)24-20(26)16-4-3-9-22-16)19-23-17-11-14(21)6-8-18(17)25(19)2/h5-8,10-11,16,22H,3-4,9H2,1-2H3,(H,24,26). The fourth-order valence-corrected chi connectivity index (χ4v) is 3.50. The Kier molecular flexibility index (Phi) is 4.20. The molecule has 0 bridgehead atoms. The van der Waals surface area contributed by atoms with Crippen LogP contribution in [0.25, 0.3) is 22.4 Å². The van der Waals surface area contributed by atoms with E-state index in [1.54, 1.807) is 6.07 Å². The van der Waals surface area contributed by atoms with Gasteiger partial charge in [-0.15, -0.1) is 0 Å². The predicted octanol–water partition coefficient (Wildman–Crippen LogP) is 3.38. The minimum absolute atomic E-state index is 0.0107. The van der Waals surface area contributed by atoms with Crippen LogP contribution in [0.15, 0.2) is 36.4 Å². The van der Waals surface area contributed by atoms with Gasteiger partial charge in [0.05, 0.1) is 17.1 Å². The molecule has 1 saturated heterocycles. The lowest BCUT2D eigenvalue weighted by atomic mass is 10.1. The summed E-state index contributed by atoms with van der Waals surface area (Å²) in [6, 6.07) is 10.3. The van der Waals surface area contributed by atoms with Crippen molar-refractivity contribution in [3.63, 3.8) is 0 Å². The summed E-state index contributed by atoms with van der Waals surface area (Å²) in [7, 11) is 1.92. The molecule has 5 nitrogen and oxygen atoms in total. The summed E-state index contributed by atoms with van der Waals surface area (Å²) in [5.41, 5.74) is 4.21. The maximum atomic E-state index is 13.5. The second-order valence-electron chi connectivity index (χ2n) is 6.80. The van der Waals surface area contributed by atoms with Crippen LogP contribution in [0.3, 0.4) is 0 Å². The zero-order valence-corrected chi connectivity index (χ0v) is 14.8. The van der Waals surface area contributed by atoms with Crippen LogP contribution in [0.4, 0.5) is 10.1 Å². The summed E-state index contributed by atoms with van der Waals surface area (Å²) in [4.78, 5) is 16.9. The van der Waals surface area contributed by atoms with Crippen molar-refractivity contribution in [3.8, 4) is 11.4 Å². The lowest BCUT2D eigenvalue weighted by molar-refractivity contribution is -0.117. The smallest absolute Gasteiger partial charge is 0.241 e. The number of hydrogen-bond donors (Lipinski definition) is 2. The van der Waals surface area contributed by atoms with Crippen LogP contribution in [0.2, 0.25) is 0 Å². The van der Waals surface area contributed by atoms with Gasteiger partial charge in [0.15, 0.2) is 0 Å². The number of rotatable bonds is 3. The molecule has 1 amide bonds. The Balaban J connectivity index is 1.63. The van der Waals surface area contributed by atoms with E-state index in [2.05, 4.69) is 15.6 Å². The van der Waals surface area contributed by atoms with Crippen molar-refractivity contribution >= 4 is 22.6 Å². The number of carbonyl (C=O) groups excluding carboxylic acids is 1. The lowest BCUT2D eigenvalue weighted by Gasteiger charge is -2.14. The van der Waals surface area contributed by atoms with Crippen LogP contribution in [-0.2, 0) is 11.8 Å². The number of nitrogens with one attached hydrogen (secondary N) is 2. The van der Waals surface area contributed by atoms with E-state index in [4.69, 9.17) is 0 Å². The number of carbonyl (C=O) groups is 1. The Morgan fingerprint density at radius 1 is 1.31 bits per heavy atom. The third kappa shape index (κ3) is 2.97. The topological polar surface area (TPSA) is 59.0 Å². The molecule has 1 aliphatic rings. The van der Waals surface area contributed by atoms with Gasteiger partial charge in [-0.1, -0.05) is 0 Å². The summed E-state index contributed by atoms with van der Waals surface area (Å²) in [6.45, 7) is 2.85. The highest BCUT2D eigenvalue weighted by molar-refractivity contribution is 5.96. The summed E-state index contributed by atoms with van der Waals surface area (Å²) < 4.78 is 15.4. The van der Waals surface area contributed by atoms with Crippen LogP contribution in [0.1, 0.15) is 18.4 Å². The summed E-state index contributed by atoms with van der Waals surface area (Å²) in [6.07, 6.45) is 1.91. The van der Waals surface area contributed by atoms with E-state index in [9.17, 15) is 9.18 Å². The molecule has 1 aromatic heterocycles. The first-order chi connectivity index (χ1) is 12.5. The minimum atomic E-state index is -0.295. The van der Waals surface area contributed by atoms with E-state index in [1.165, 1.54) is 12.1 Å². The number of amides is 1. The molecule has 0 radical (unpaired) electrons. The highest BCUT2D eigenvalue weighted by atomic mass is 19.1. The van der Waals surface area contributed by atoms with Gasteiger partial charge in [-0.05, 0) is 62.2 Å². The highest BCUT2D eigenvalue weighted by Crippen LogP contribution is 2.27. The molecule has 134 valence electrons. The largest absolute Gasteiger partial charge is 0.327 e. The van der Waals surface area contributed by atoms with Crippen molar-refractivity contribution in [2.75, 3.05) is 11.9 Å². The number of halogens is 1. The number of aromatic nitrogens is 2. The highest BCUT2D eigenvalue weighted by Gasteiger charge is 2.22. The molecule has 2 aromatic carbocycles. The fourth-order valence-electron chi connectivity index (χ4n) is 3.50. The number of benzene rings is 2. The molecule has 1 fully saturated rings. The molecule has 2 N–H and O–H groups in total. The average molecular weight is 352 g/mol. The van der Waals surface area contributed by atoms with Gasteiger partial charge in [0.1, 0.15) is 11.6 Å². The van der Waals surface area contributed by atoms with Crippen molar-refractivity contribution in [3.05, 3.63) is 47.8 Å². The van der Waals surface area contributed by atoms with Gasteiger partial charge in [-0.25, -0.2) is 9.37 Å². The van der Waals surface area contributed by atoms with Gasteiger partial charge < -0.3 is 15.2 Å². The van der Waals surface area contributed by atoms with Crippen LogP contribution in [-0.4, -0.2) is 28.0 Å². The first-order valence-electron chi connectivity index (χ1n) is 8.80. The van der Waals surface area contributed by atoms with Gasteiger partial charge >= 0.3 is 0 Å². The quantitative estimate of drug-likeness (QED) is 0.760. The molecule has 3 aromatic rings. The predicted molar refractivity (Wildman–Crippen MR) is 100 cm³/mol. The number of aryl methyl sites for hydroxylation is 2. The van der Waals surface area contributed by atoms with Gasteiger partial charge in [0.25, 0.3) is 0 Å². The molecule has 0 aliphatic carbocycles. The van der Waals surface area contributed by atoms with Gasteiger partial charge in [0.2, 0.25) is 5.91 Å². The van der Waals surface area contributed by atoms with Crippen molar-refractivity contribution in [2.45, 2.75) is 25.8 Å². The number of hydrogen-bond acceptors (Lipinski definition) is 3. The molecule has 0 spiro atoms. The number of fused-ring (bicyclic) bond motifs is 1. The number of nitrogens with zero attached hydrogens (tertiary/aromatic N) is 2. The summed E-state index contributed by atoms with van der Waals surface area (Å²) in [5, 5.41) is 6.21. The Bertz CT molecular complexity index is 989. The lowest BCUT2D eigenvalue weighted by Crippen LogP contribution is -2.35. The summed E-state index contributed by atoms with van der Waals surface area (Å²) >= 11 is 0. The Labute approximate surface area is 151 Å². The molecule has 26 heavy (non-hydrogen) atoms. The van der Waals surface area contributed by atoms with E-state index in [1.807, 2.05) is 36.7 Å². The first kappa shape index (κ1) is 16.7. The average Bonchev–Trinajstić information content (AvgIpc) is 3.25. The molecule has 0 saturated carbocycles. The molecule has 4 rings (SSSR count). The summed E-state index contributed by atoms with van der Waals surface area (Å²) in [5.74, 6) is 0.484. The molecular weight excluding hydrogens is 331 g/mol. The molecule has 1 aliphatic heterocycles. The van der Waals surface area contributed by atoms with Crippen molar-refractivity contribution in [1.82, 2.24) is 14.9 Å². The van der Waals surface area contributed by atoms with E-state index in [-0.39, 0.29) is 17.8 Å². The maximum Gasteiger partial charge on any atom is 0.241 e. The van der Waals surface area contributed by atoms with Crippen LogP contribution >= 0.6 is 0 Å². The van der Waals surface area contributed by atoms with Crippen molar-refractivity contribution < 1.29 is 9.18 Å². The van der Waals surface area contributed by atoms with Gasteiger partial charge in [-0.3, -0.25) is 4.79 Å². The Hall–Kier alpha value is -2.73. The minimum Gasteiger partial charge on any atom is -0.327 e. The molecule has 1 atom stereocenters. The van der Waals surface area contributed by atoms with E-state index in [0.29, 0.717) is 5.52 Å². The Morgan fingerprint density at radius 3 is 2.88 bits per heavy atom. The second-order valence-corrected chi connectivity index (χ2v) is 6.80. The normalized spacial score (nSPS) is 17.0. The van der Waals surface area contributed by atoms with Gasteiger partial charge in [-0.2, -0.15) is 0 Å². The van der Waals surface area contributed by atoms with Crippen LogP contribution in [0, 0.1) is 12.7 Å². The van der Waals surface area contributed by atoms with Crippen molar-refractivity contribution in [2.24, 2.45) is 7.05 Å². The zero-order valence-electron chi connectivity index (χ0n) is 14.8. The van der Waals surface area contributed by atoms with Crippen LogP contribution in [0.5, 0.6) is 0 Å². The third-order valence-corrected chi connectivity index (χ3v) is 4.96. The van der Waals surface area contributed by atoms with E-state index >= 15 is 0 Å². The maximum absolute atomic E-state index is 13.5. The zero-order chi connectivity index (χ0) is 18.3. The molecule has 1 unspecified atom stereocenters. The van der Waals surface area contributed by atoms with Crippen LogP contribution < -0.4 is 10.6 Å². The SMILES string of the molecule is Cc1cc(-c2nc3cc(F)ccc3n2C)ccc1NC(=O)C1CCCN1. The fraction of sp³-hybridized carbons (Fsp3) is 0.300.